The van der Waals surface area contributed by atoms with Crippen molar-refractivity contribution in [3.63, 3.8) is 0 Å². The summed E-state index contributed by atoms with van der Waals surface area (Å²) in [5.74, 6) is -0.409. The van der Waals surface area contributed by atoms with E-state index in [2.05, 4.69) is 4.72 Å². The lowest BCUT2D eigenvalue weighted by Crippen LogP contribution is -2.23. The molecule has 13 heteroatoms. The maximum atomic E-state index is 13.5. The summed E-state index contributed by atoms with van der Waals surface area (Å²) in [6.45, 7) is 1.19. The van der Waals surface area contributed by atoms with Crippen LogP contribution in [0.3, 0.4) is 0 Å². The molecule has 1 N–H and O–H groups in total. The number of hydrogen-bond donors (Lipinski definition) is 1. The van der Waals surface area contributed by atoms with Crippen molar-refractivity contribution in [1.82, 2.24) is 4.90 Å². The van der Waals surface area contributed by atoms with Crippen LogP contribution in [-0.4, -0.2) is 39.6 Å². The lowest BCUT2D eigenvalue weighted by molar-refractivity contribution is -0.139. The Bertz CT molecular complexity index is 1310. The van der Waals surface area contributed by atoms with Crippen LogP contribution in [0, 0.1) is 0 Å². The first-order valence-corrected chi connectivity index (χ1v) is 14.1. The molecule has 1 aromatic heterocycles. The van der Waals surface area contributed by atoms with Gasteiger partial charge in [0.1, 0.15) is 16.1 Å². The van der Waals surface area contributed by atoms with Crippen molar-refractivity contribution in [2.24, 2.45) is 0 Å². The summed E-state index contributed by atoms with van der Waals surface area (Å²) >= 11 is 14.6. The topological polar surface area (TPSA) is 58.6 Å². The highest BCUT2D eigenvalue weighted by atomic mass is 35.5. The fraction of sp³-hybridized carbons (Fsp3) is 0.273. The van der Waals surface area contributed by atoms with E-state index in [-0.39, 0.29) is 9.90 Å². The molecule has 0 radical (unpaired) electrons. The first-order chi connectivity index (χ1) is 16.4. The van der Waals surface area contributed by atoms with Crippen LogP contribution in [0.5, 0.6) is 5.75 Å². The first kappa shape index (κ1) is 26.4. The van der Waals surface area contributed by atoms with Crippen LogP contribution in [-0.2, 0) is 16.2 Å². The molecule has 1 aliphatic heterocycles. The Hall–Kier alpha value is -1.63. The summed E-state index contributed by atoms with van der Waals surface area (Å²) in [5.41, 5.74) is -0.988. The number of likely N-dealkylation sites (N-methyl/N-ethyl adjacent to an activating group) is 1. The van der Waals surface area contributed by atoms with E-state index >= 15 is 0 Å². The Labute approximate surface area is 219 Å². The maximum Gasteiger partial charge on any atom is 0.419 e. The summed E-state index contributed by atoms with van der Waals surface area (Å²) < 4.78 is 75.1. The first-order valence-electron chi connectivity index (χ1n) is 10.2. The molecule has 0 saturated carbocycles. The molecule has 35 heavy (non-hydrogen) atoms. The number of benzene rings is 2. The number of ether oxygens (including phenoxy) is 1. The van der Waals surface area contributed by atoms with Crippen molar-refractivity contribution in [3.8, 4) is 5.75 Å². The zero-order valence-electron chi connectivity index (χ0n) is 18.1. The molecule has 1 unspecified atom stereocenters. The lowest BCUT2D eigenvalue weighted by atomic mass is 10.1. The lowest BCUT2D eigenvalue weighted by Gasteiger charge is -2.19. The second-order valence-electron chi connectivity index (χ2n) is 7.83. The SMILES string of the molecule is CN1CCC(Oc2cc(NS(=O)(=O)c3ccc(Sc4c(Cl)cccc4Cl)s3)ccc2C(F)(F)F)C1. The van der Waals surface area contributed by atoms with Gasteiger partial charge in [0, 0.05) is 19.2 Å². The summed E-state index contributed by atoms with van der Waals surface area (Å²) in [6.07, 6.45) is -4.48. The van der Waals surface area contributed by atoms with Crippen LogP contribution in [0.25, 0.3) is 0 Å². The summed E-state index contributed by atoms with van der Waals surface area (Å²) in [5, 5.41) is 0.869. The van der Waals surface area contributed by atoms with E-state index in [1.165, 1.54) is 17.8 Å². The smallest absolute Gasteiger partial charge is 0.419 e. The van der Waals surface area contributed by atoms with Crippen LogP contribution in [0.2, 0.25) is 10.0 Å². The normalized spacial score (nSPS) is 17.0. The molecule has 188 valence electrons. The molecule has 1 atom stereocenters. The van der Waals surface area contributed by atoms with Crippen LogP contribution in [0.4, 0.5) is 18.9 Å². The molecule has 1 saturated heterocycles. The second-order valence-corrected chi connectivity index (χ2v) is 12.9. The Morgan fingerprint density at radius 3 is 2.49 bits per heavy atom. The van der Waals surface area contributed by atoms with Crippen molar-refractivity contribution in [3.05, 3.63) is 64.1 Å². The number of thiophene rings is 1. The highest BCUT2D eigenvalue weighted by molar-refractivity contribution is 8.02. The summed E-state index contributed by atoms with van der Waals surface area (Å²) in [7, 11) is -2.21. The number of nitrogens with one attached hydrogen (secondary N) is 1. The number of sulfonamides is 1. The number of hydrogen-bond acceptors (Lipinski definition) is 6. The molecular weight excluding hydrogens is 564 g/mol. The second kappa shape index (κ2) is 10.4. The molecule has 2 heterocycles. The van der Waals surface area contributed by atoms with E-state index in [0.29, 0.717) is 38.7 Å². The minimum absolute atomic E-state index is 0.0111. The number of anilines is 1. The standard InChI is InChI=1S/C22H19Cl2F3N2O3S3/c1-29-10-9-14(12-29)32-18-11-13(5-6-15(18)22(25,26)27)28-35(30,31)20-8-7-19(33-20)34-21-16(23)3-2-4-17(21)24/h2-8,11,14,28H,9-10,12H2,1H3. The van der Waals surface area contributed by atoms with Crippen molar-refractivity contribution in [2.75, 3.05) is 24.9 Å². The Morgan fingerprint density at radius 2 is 1.86 bits per heavy atom. The third kappa shape index (κ3) is 6.39. The Balaban J connectivity index is 1.56. The van der Waals surface area contributed by atoms with Crippen LogP contribution in [0.1, 0.15) is 12.0 Å². The fourth-order valence-corrected chi connectivity index (χ4v) is 7.71. The van der Waals surface area contributed by atoms with E-state index in [1.54, 1.807) is 24.3 Å². The molecule has 1 aliphatic rings. The van der Waals surface area contributed by atoms with Gasteiger partial charge in [0.2, 0.25) is 0 Å². The van der Waals surface area contributed by atoms with E-state index in [4.69, 9.17) is 27.9 Å². The van der Waals surface area contributed by atoms with Gasteiger partial charge in [-0.05, 0) is 49.9 Å². The number of rotatable bonds is 7. The third-order valence-electron chi connectivity index (χ3n) is 5.12. The molecule has 3 aromatic rings. The Kier molecular flexibility index (Phi) is 7.85. The van der Waals surface area contributed by atoms with E-state index in [0.717, 1.165) is 29.5 Å². The molecule has 2 aromatic carbocycles. The minimum Gasteiger partial charge on any atom is -0.488 e. The van der Waals surface area contributed by atoms with Gasteiger partial charge in [-0.2, -0.15) is 13.2 Å². The third-order valence-corrected chi connectivity index (χ3v) is 10.2. The molecule has 0 spiro atoms. The zero-order chi connectivity index (χ0) is 25.4. The monoisotopic (exact) mass is 582 g/mol. The molecular formula is C22H19Cl2F3N2O3S3. The van der Waals surface area contributed by atoms with Gasteiger partial charge in [-0.15, -0.1) is 11.3 Å². The van der Waals surface area contributed by atoms with Crippen molar-refractivity contribution in [2.45, 2.75) is 32.0 Å². The molecule has 0 amide bonds. The van der Waals surface area contributed by atoms with Gasteiger partial charge in [0.25, 0.3) is 10.0 Å². The largest absolute Gasteiger partial charge is 0.488 e. The molecule has 0 bridgehead atoms. The zero-order valence-corrected chi connectivity index (χ0v) is 22.1. The molecule has 1 fully saturated rings. The average Bonchev–Trinajstić information content (AvgIpc) is 3.39. The Morgan fingerprint density at radius 1 is 1.14 bits per heavy atom. The van der Waals surface area contributed by atoms with Gasteiger partial charge in [-0.25, -0.2) is 8.42 Å². The quantitative estimate of drug-likeness (QED) is 0.321. The highest BCUT2D eigenvalue weighted by Gasteiger charge is 2.36. The van der Waals surface area contributed by atoms with E-state index in [1.807, 2.05) is 11.9 Å². The van der Waals surface area contributed by atoms with Gasteiger partial charge < -0.3 is 9.64 Å². The van der Waals surface area contributed by atoms with Crippen molar-refractivity contribution < 1.29 is 26.3 Å². The van der Waals surface area contributed by atoms with Gasteiger partial charge in [0.05, 0.1) is 30.4 Å². The minimum atomic E-state index is -4.64. The average molecular weight is 584 g/mol. The number of nitrogens with zero attached hydrogens (tertiary/aromatic N) is 1. The molecule has 5 nitrogen and oxygen atoms in total. The summed E-state index contributed by atoms with van der Waals surface area (Å²) in [6, 6.07) is 11.0. The predicted molar refractivity (Wildman–Crippen MR) is 134 cm³/mol. The fourth-order valence-electron chi connectivity index (χ4n) is 3.48. The van der Waals surface area contributed by atoms with Crippen LogP contribution < -0.4 is 9.46 Å². The predicted octanol–water partition coefficient (Wildman–Crippen LogP) is 7.11. The van der Waals surface area contributed by atoms with Crippen molar-refractivity contribution >= 4 is 62.0 Å². The number of halogens is 5. The van der Waals surface area contributed by atoms with Crippen molar-refractivity contribution in [1.29, 1.82) is 0 Å². The van der Waals surface area contributed by atoms with Gasteiger partial charge in [-0.3, -0.25) is 4.72 Å². The number of likely N-dealkylation sites (tertiary alicyclic amines) is 1. The highest BCUT2D eigenvalue weighted by Crippen LogP contribution is 2.43. The van der Waals surface area contributed by atoms with Gasteiger partial charge in [-0.1, -0.05) is 41.0 Å². The summed E-state index contributed by atoms with van der Waals surface area (Å²) in [4.78, 5) is 2.55. The van der Waals surface area contributed by atoms with E-state index < -0.39 is 33.6 Å². The number of alkyl halides is 3. The van der Waals surface area contributed by atoms with Crippen LogP contribution >= 0.6 is 46.3 Å². The molecule has 4 rings (SSSR count). The maximum absolute atomic E-state index is 13.5. The van der Waals surface area contributed by atoms with Gasteiger partial charge in [0.15, 0.2) is 0 Å². The van der Waals surface area contributed by atoms with Gasteiger partial charge >= 0.3 is 6.18 Å². The molecule has 0 aliphatic carbocycles. The van der Waals surface area contributed by atoms with E-state index in [9.17, 15) is 21.6 Å². The van der Waals surface area contributed by atoms with Crippen LogP contribution in [0.15, 0.2) is 61.8 Å².